The lowest BCUT2D eigenvalue weighted by atomic mass is 9.97. The first-order chi connectivity index (χ1) is 13.6. The van der Waals surface area contributed by atoms with E-state index in [1.54, 1.807) is 18.2 Å². The van der Waals surface area contributed by atoms with Gasteiger partial charge in [-0.3, -0.25) is 9.69 Å². The molecule has 2 aromatic carbocycles. The highest BCUT2D eigenvalue weighted by Crippen LogP contribution is 2.34. The molecular formula is C22H24FN3O2. The van der Waals surface area contributed by atoms with E-state index in [0.29, 0.717) is 25.2 Å². The summed E-state index contributed by atoms with van der Waals surface area (Å²) in [5, 5.41) is 6.12. The highest BCUT2D eigenvalue weighted by Gasteiger charge is 2.35. The van der Waals surface area contributed by atoms with Crippen molar-refractivity contribution in [3.8, 4) is 0 Å². The van der Waals surface area contributed by atoms with E-state index in [1.807, 2.05) is 31.2 Å². The predicted octanol–water partition coefficient (Wildman–Crippen LogP) is 3.14. The van der Waals surface area contributed by atoms with E-state index < -0.39 is 6.04 Å². The van der Waals surface area contributed by atoms with E-state index >= 15 is 0 Å². The molecule has 1 saturated heterocycles. The van der Waals surface area contributed by atoms with Gasteiger partial charge in [-0.1, -0.05) is 48.0 Å². The number of ether oxygens (including phenoxy) is 1. The summed E-state index contributed by atoms with van der Waals surface area (Å²) in [5.41, 5.74) is 3.42. The number of halogens is 1. The number of amides is 1. The zero-order chi connectivity index (χ0) is 19.5. The standard InChI is InChI=1S/C22H24FN3O2/c1-16-5-4-6-17(13-16)20-14-21(18-7-2-3-8-19(18)23)26(24-20)22(27)15-25-9-11-28-12-10-25/h2-8,13,21H,9-12,14-15H2,1H3/t21-/m0/s1. The summed E-state index contributed by atoms with van der Waals surface area (Å²) < 4.78 is 19.9. The monoisotopic (exact) mass is 381 g/mol. The van der Waals surface area contributed by atoms with Gasteiger partial charge in [0.1, 0.15) is 5.82 Å². The van der Waals surface area contributed by atoms with Crippen molar-refractivity contribution in [3.63, 3.8) is 0 Å². The number of carbonyl (C=O) groups excluding carboxylic acids is 1. The third-order valence-electron chi connectivity index (χ3n) is 5.24. The molecule has 0 unspecified atom stereocenters. The van der Waals surface area contributed by atoms with Crippen LogP contribution in [0.2, 0.25) is 0 Å². The number of morpholine rings is 1. The fourth-order valence-corrected chi connectivity index (χ4v) is 3.75. The van der Waals surface area contributed by atoms with Gasteiger partial charge in [-0.05, 0) is 18.6 Å². The van der Waals surface area contributed by atoms with Gasteiger partial charge in [0.05, 0.1) is 31.5 Å². The SMILES string of the molecule is Cc1cccc(C2=NN(C(=O)CN3CCOCC3)[C@H](c3ccccc3F)C2)c1. The lowest BCUT2D eigenvalue weighted by Crippen LogP contribution is -2.43. The Labute approximate surface area is 164 Å². The van der Waals surface area contributed by atoms with Crippen LogP contribution in [0.15, 0.2) is 53.6 Å². The summed E-state index contributed by atoms with van der Waals surface area (Å²) >= 11 is 0. The molecule has 0 bridgehead atoms. The summed E-state index contributed by atoms with van der Waals surface area (Å²) in [5.74, 6) is -0.421. The van der Waals surface area contributed by atoms with Crippen molar-refractivity contribution >= 4 is 11.6 Å². The first kappa shape index (κ1) is 18.8. The molecule has 1 amide bonds. The Morgan fingerprint density at radius 2 is 1.96 bits per heavy atom. The van der Waals surface area contributed by atoms with Crippen LogP contribution in [0.3, 0.4) is 0 Å². The zero-order valence-corrected chi connectivity index (χ0v) is 16.0. The molecule has 0 aromatic heterocycles. The molecule has 2 heterocycles. The topological polar surface area (TPSA) is 45.1 Å². The second kappa shape index (κ2) is 8.20. The predicted molar refractivity (Wildman–Crippen MR) is 106 cm³/mol. The van der Waals surface area contributed by atoms with Crippen molar-refractivity contribution in [1.82, 2.24) is 9.91 Å². The average Bonchev–Trinajstić information content (AvgIpc) is 3.14. The third-order valence-corrected chi connectivity index (χ3v) is 5.24. The summed E-state index contributed by atoms with van der Waals surface area (Å²) in [4.78, 5) is 15.1. The molecule has 146 valence electrons. The molecule has 0 aliphatic carbocycles. The summed E-state index contributed by atoms with van der Waals surface area (Å²) in [6, 6.07) is 14.2. The highest BCUT2D eigenvalue weighted by atomic mass is 19.1. The van der Waals surface area contributed by atoms with Gasteiger partial charge < -0.3 is 4.74 Å². The van der Waals surface area contributed by atoms with Crippen LogP contribution in [0.4, 0.5) is 4.39 Å². The van der Waals surface area contributed by atoms with Gasteiger partial charge in [0, 0.05) is 25.1 Å². The molecule has 6 heteroatoms. The fraction of sp³-hybridized carbons (Fsp3) is 0.364. The number of benzene rings is 2. The molecule has 0 saturated carbocycles. The Bertz CT molecular complexity index is 893. The lowest BCUT2D eigenvalue weighted by molar-refractivity contribution is -0.135. The van der Waals surface area contributed by atoms with E-state index in [4.69, 9.17) is 4.74 Å². The van der Waals surface area contributed by atoms with Crippen molar-refractivity contribution in [2.45, 2.75) is 19.4 Å². The number of hydrazone groups is 1. The summed E-state index contributed by atoms with van der Waals surface area (Å²) in [7, 11) is 0. The second-order valence-corrected chi connectivity index (χ2v) is 7.28. The van der Waals surface area contributed by atoms with Gasteiger partial charge in [-0.25, -0.2) is 9.40 Å². The number of hydrogen-bond donors (Lipinski definition) is 0. The maximum Gasteiger partial charge on any atom is 0.257 e. The van der Waals surface area contributed by atoms with Crippen LogP contribution in [0, 0.1) is 12.7 Å². The maximum atomic E-state index is 14.5. The van der Waals surface area contributed by atoms with Gasteiger partial charge in [-0.15, -0.1) is 0 Å². The number of nitrogens with zero attached hydrogens (tertiary/aromatic N) is 3. The van der Waals surface area contributed by atoms with E-state index in [0.717, 1.165) is 29.9 Å². The van der Waals surface area contributed by atoms with Crippen molar-refractivity contribution in [2.24, 2.45) is 5.10 Å². The molecule has 2 aliphatic heterocycles. The Balaban J connectivity index is 1.63. The van der Waals surface area contributed by atoms with Crippen molar-refractivity contribution in [3.05, 3.63) is 71.0 Å². The molecular weight excluding hydrogens is 357 g/mol. The molecule has 2 aliphatic rings. The van der Waals surface area contributed by atoms with Gasteiger partial charge >= 0.3 is 0 Å². The van der Waals surface area contributed by atoms with Crippen LogP contribution >= 0.6 is 0 Å². The van der Waals surface area contributed by atoms with E-state index in [1.165, 1.54) is 11.1 Å². The molecule has 1 fully saturated rings. The number of hydrogen-bond acceptors (Lipinski definition) is 4. The third kappa shape index (κ3) is 3.98. The summed E-state index contributed by atoms with van der Waals surface area (Å²) in [6.45, 7) is 4.98. The Morgan fingerprint density at radius 3 is 2.71 bits per heavy atom. The van der Waals surface area contributed by atoms with Crippen LogP contribution in [0.25, 0.3) is 0 Å². The number of rotatable bonds is 4. The minimum atomic E-state index is -0.426. The van der Waals surface area contributed by atoms with Gasteiger partial charge in [0.15, 0.2) is 0 Å². The molecule has 0 radical (unpaired) electrons. The maximum absolute atomic E-state index is 14.5. The first-order valence-electron chi connectivity index (χ1n) is 9.63. The molecule has 2 aromatic rings. The van der Waals surface area contributed by atoms with Crippen LogP contribution in [0.1, 0.15) is 29.2 Å². The van der Waals surface area contributed by atoms with Crippen molar-refractivity contribution in [1.29, 1.82) is 0 Å². The first-order valence-corrected chi connectivity index (χ1v) is 9.63. The van der Waals surface area contributed by atoms with Gasteiger partial charge in [0.2, 0.25) is 0 Å². The molecule has 1 atom stereocenters. The largest absolute Gasteiger partial charge is 0.379 e. The van der Waals surface area contributed by atoms with Crippen molar-refractivity contribution in [2.75, 3.05) is 32.8 Å². The van der Waals surface area contributed by atoms with Crippen LogP contribution in [-0.4, -0.2) is 54.4 Å². The fourth-order valence-electron chi connectivity index (χ4n) is 3.75. The van der Waals surface area contributed by atoms with Crippen molar-refractivity contribution < 1.29 is 13.9 Å². The molecule has 0 spiro atoms. The second-order valence-electron chi connectivity index (χ2n) is 7.28. The molecule has 28 heavy (non-hydrogen) atoms. The normalized spacial score (nSPS) is 20.3. The smallest absolute Gasteiger partial charge is 0.257 e. The van der Waals surface area contributed by atoms with E-state index in [-0.39, 0.29) is 18.3 Å². The Morgan fingerprint density at radius 1 is 1.18 bits per heavy atom. The van der Waals surface area contributed by atoms with Gasteiger partial charge in [0.25, 0.3) is 5.91 Å². The minimum Gasteiger partial charge on any atom is -0.379 e. The van der Waals surface area contributed by atoms with Crippen LogP contribution in [-0.2, 0) is 9.53 Å². The molecule has 5 nitrogen and oxygen atoms in total. The quantitative estimate of drug-likeness (QED) is 0.817. The van der Waals surface area contributed by atoms with E-state index in [9.17, 15) is 9.18 Å². The highest BCUT2D eigenvalue weighted by molar-refractivity contribution is 6.03. The zero-order valence-electron chi connectivity index (χ0n) is 16.0. The molecule has 0 N–H and O–H groups in total. The number of aryl methyl sites for hydroxylation is 1. The minimum absolute atomic E-state index is 0.113. The lowest BCUT2D eigenvalue weighted by Gasteiger charge is -2.29. The van der Waals surface area contributed by atoms with Gasteiger partial charge in [-0.2, -0.15) is 5.10 Å². The van der Waals surface area contributed by atoms with Crippen LogP contribution in [0.5, 0.6) is 0 Å². The Kier molecular flexibility index (Phi) is 5.50. The Hall–Kier alpha value is -2.57. The average molecular weight is 381 g/mol. The van der Waals surface area contributed by atoms with Crippen LogP contribution < -0.4 is 0 Å². The summed E-state index contributed by atoms with van der Waals surface area (Å²) in [6.07, 6.45) is 0.499. The number of carbonyl (C=O) groups is 1. The van der Waals surface area contributed by atoms with E-state index in [2.05, 4.69) is 10.0 Å². The molecule has 4 rings (SSSR count).